The SMILES string of the molecule is COc1nn(C)c2nc(C)c(CCC(=O)N[C@H](C)C3CC3)c(C)c12. The average Bonchev–Trinajstić information content (AvgIpc) is 3.32. The number of pyridine rings is 1. The lowest BCUT2D eigenvalue weighted by atomic mass is 10.00. The minimum Gasteiger partial charge on any atom is -0.479 e. The third-order valence-corrected chi connectivity index (χ3v) is 5.04. The molecule has 130 valence electrons. The Morgan fingerprint density at radius 3 is 2.75 bits per heavy atom. The quantitative estimate of drug-likeness (QED) is 0.883. The van der Waals surface area contributed by atoms with Crippen molar-refractivity contribution >= 4 is 16.9 Å². The molecule has 0 aliphatic heterocycles. The molecule has 6 heteroatoms. The third-order valence-electron chi connectivity index (χ3n) is 5.04. The van der Waals surface area contributed by atoms with Crippen molar-refractivity contribution in [3.8, 4) is 5.88 Å². The lowest BCUT2D eigenvalue weighted by Gasteiger charge is -2.14. The van der Waals surface area contributed by atoms with Crippen molar-refractivity contribution in [1.29, 1.82) is 0 Å². The summed E-state index contributed by atoms with van der Waals surface area (Å²) in [4.78, 5) is 16.9. The monoisotopic (exact) mass is 330 g/mol. The van der Waals surface area contributed by atoms with E-state index in [-0.39, 0.29) is 5.91 Å². The molecule has 1 aliphatic rings. The fourth-order valence-electron chi connectivity index (χ4n) is 3.39. The summed E-state index contributed by atoms with van der Waals surface area (Å²) in [7, 11) is 3.48. The molecule has 3 rings (SSSR count). The number of amides is 1. The second kappa shape index (κ2) is 6.42. The number of methoxy groups -OCH3 is 1. The number of hydrogen-bond donors (Lipinski definition) is 1. The molecule has 24 heavy (non-hydrogen) atoms. The van der Waals surface area contributed by atoms with Crippen molar-refractivity contribution in [2.45, 2.75) is 52.5 Å². The number of hydrogen-bond acceptors (Lipinski definition) is 4. The Kier molecular flexibility index (Phi) is 4.47. The van der Waals surface area contributed by atoms with Crippen molar-refractivity contribution < 1.29 is 9.53 Å². The van der Waals surface area contributed by atoms with Gasteiger partial charge in [-0.15, -0.1) is 5.10 Å². The van der Waals surface area contributed by atoms with Gasteiger partial charge in [-0.3, -0.25) is 4.79 Å². The lowest BCUT2D eigenvalue weighted by Crippen LogP contribution is -2.34. The number of nitrogens with zero attached hydrogens (tertiary/aromatic N) is 3. The smallest absolute Gasteiger partial charge is 0.242 e. The van der Waals surface area contributed by atoms with E-state index in [0.29, 0.717) is 30.7 Å². The summed E-state index contributed by atoms with van der Waals surface area (Å²) >= 11 is 0. The highest BCUT2D eigenvalue weighted by Crippen LogP contribution is 2.32. The topological polar surface area (TPSA) is 69.0 Å². The highest BCUT2D eigenvalue weighted by molar-refractivity contribution is 5.86. The maximum atomic E-state index is 12.2. The summed E-state index contributed by atoms with van der Waals surface area (Å²) in [5.74, 6) is 1.38. The van der Waals surface area contributed by atoms with Gasteiger partial charge in [-0.1, -0.05) is 0 Å². The van der Waals surface area contributed by atoms with Gasteiger partial charge in [0.15, 0.2) is 5.65 Å². The molecule has 0 aromatic carbocycles. The van der Waals surface area contributed by atoms with Crippen LogP contribution in [-0.2, 0) is 18.3 Å². The van der Waals surface area contributed by atoms with Crippen LogP contribution in [0.5, 0.6) is 5.88 Å². The van der Waals surface area contributed by atoms with Crippen LogP contribution in [0.3, 0.4) is 0 Å². The van der Waals surface area contributed by atoms with Gasteiger partial charge in [-0.2, -0.15) is 0 Å². The van der Waals surface area contributed by atoms with E-state index >= 15 is 0 Å². The number of carbonyl (C=O) groups excluding carboxylic acids is 1. The first-order valence-corrected chi connectivity index (χ1v) is 8.58. The van der Waals surface area contributed by atoms with Gasteiger partial charge in [0.05, 0.1) is 12.5 Å². The predicted octanol–water partition coefficient (Wildman–Crippen LogP) is 2.44. The molecule has 0 bridgehead atoms. The molecule has 1 aliphatic carbocycles. The molecule has 0 saturated heterocycles. The van der Waals surface area contributed by atoms with Crippen molar-refractivity contribution in [2.75, 3.05) is 7.11 Å². The number of ether oxygens (including phenoxy) is 1. The molecule has 2 heterocycles. The zero-order valence-corrected chi connectivity index (χ0v) is 15.1. The second-order valence-corrected chi connectivity index (χ2v) is 6.83. The lowest BCUT2D eigenvalue weighted by molar-refractivity contribution is -0.121. The van der Waals surface area contributed by atoms with Crippen molar-refractivity contribution in [2.24, 2.45) is 13.0 Å². The summed E-state index contributed by atoms with van der Waals surface area (Å²) in [6, 6.07) is 0.290. The van der Waals surface area contributed by atoms with Gasteiger partial charge in [0.25, 0.3) is 0 Å². The first-order valence-electron chi connectivity index (χ1n) is 8.58. The standard InChI is InChI=1S/C18H26N4O2/c1-10-14(8-9-15(23)19-11(2)13-6-7-13)12(3)20-17-16(10)18(24-5)21-22(17)4/h11,13H,6-9H2,1-5H3,(H,19,23)/t11-/m1/s1. The van der Waals surface area contributed by atoms with Crippen molar-refractivity contribution in [3.05, 3.63) is 16.8 Å². The van der Waals surface area contributed by atoms with Crippen LogP contribution in [0, 0.1) is 19.8 Å². The van der Waals surface area contributed by atoms with E-state index in [1.807, 2.05) is 14.0 Å². The fourth-order valence-corrected chi connectivity index (χ4v) is 3.39. The zero-order valence-electron chi connectivity index (χ0n) is 15.1. The molecule has 1 saturated carbocycles. The van der Waals surface area contributed by atoms with Crippen LogP contribution in [0.25, 0.3) is 11.0 Å². The fraction of sp³-hybridized carbons (Fsp3) is 0.611. The van der Waals surface area contributed by atoms with Crippen LogP contribution in [-0.4, -0.2) is 33.8 Å². The number of carbonyl (C=O) groups is 1. The van der Waals surface area contributed by atoms with Crippen molar-refractivity contribution in [3.63, 3.8) is 0 Å². The maximum Gasteiger partial charge on any atom is 0.242 e. The van der Waals surface area contributed by atoms with E-state index in [1.54, 1.807) is 11.8 Å². The molecule has 1 fully saturated rings. The maximum absolute atomic E-state index is 12.2. The molecule has 0 unspecified atom stereocenters. The minimum absolute atomic E-state index is 0.117. The molecule has 2 aromatic heterocycles. The molecular formula is C18H26N4O2. The number of fused-ring (bicyclic) bond motifs is 1. The highest BCUT2D eigenvalue weighted by atomic mass is 16.5. The summed E-state index contributed by atoms with van der Waals surface area (Å²) in [6.07, 6.45) is 3.64. The van der Waals surface area contributed by atoms with E-state index < -0.39 is 0 Å². The number of aromatic nitrogens is 3. The summed E-state index contributed by atoms with van der Waals surface area (Å²) in [5.41, 5.74) is 3.99. The van der Waals surface area contributed by atoms with Crippen LogP contribution >= 0.6 is 0 Å². The Morgan fingerprint density at radius 2 is 2.12 bits per heavy atom. The molecular weight excluding hydrogens is 304 g/mol. The Bertz CT molecular complexity index is 777. The summed E-state index contributed by atoms with van der Waals surface area (Å²) in [5, 5.41) is 8.42. The molecule has 1 N–H and O–H groups in total. The molecule has 0 radical (unpaired) electrons. The second-order valence-electron chi connectivity index (χ2n) is 6.83. The van der Waals surface area contributed by atoms with Gasteiger partial charge in [0, 0.05) is 25.2 Å². The van der Waals surface area contributed by atoms with Crippen LogP contribution < -0.4 is 10.1 Å². The highest BCUT2D eigenvalue weighted by Gasteiger charge is 2.28. The van der Waals surface area contributed by atoms with E-state index in [1.165, 1.54) is 12.8 Å². The summed E-state index contributed by atoms with van der Waals surface area (Å²) < 4.78 is 7.12. The van der Waals surface area contributed by atoms with E-state index in [9.17, 15) is 4.79 Å². The molecule has 1 atom stereocenters. The third kappa shape index (κ3) is 3.09. The summed E-state index contributed by atoms with van der Waals surface area (Å²) in [6.45, 7) is 6.15. The molecule has 6 nitrogen and oxygen atoms in total. The van der Waals surface area contributed by atoms with Crippen LogP contribution in [0.1, 0.15) is 43.0 Å². The van der Waals surface area contributed by atoms with E-state index in [0.717, 1.165) is 27.9 Å². The first-order chi connectivity index (χ1) is 11.4. The van der Waals surface area contributed by atoms with Crippen LogP contribution in [0.4, 0.5) is 0 Å². The minimum atomic E-state index is 0.117. The van der Waals surface area contributed by atoms with E-state index in [4.69, 9.17) is 4.74 Å². The van der Waals surface area contributed by atoms with Crippen molar-refractivity contribution in [1.82, 2.24) is 20.1 Å². The largest absolute Gasteiger partial charge is 0.479 e. The molecule has 0 spiro atoms. The van der Waals surface area contributed by atoms with Crippen LogP contribution in [0.15, 0.2) is 0 Å². The molecule has 1 amide bonds. The Balaban J connectivity index is 1.79. The first kappa shape index (κ1) is 16.7. The van der Waals surface area contributed by atoms with Gasteiger partial charge in [0.2, 0.25) is 11.8 Å². The number of aryl methyl sites for hydroxylation is 3. The van der Waals surface area contributed by atoms with Crippen LogP contribution in [0.2, 0.25) is 0 Å². The Labute approximate surface area is 142 Å². The van der Waals surface area contributed by atoms with Gasteiger partial charge >= 0.3 is 0 Å². The van der Waals surface area contributed by atoms with Gasteiger partial charge < -0.3 is 10.1 Å². The van der Waals surface area contributed by atoms with Gasteiger partial charge in [-0.05, 0) is 57.1 Å². The van der Waals surface area contributed by atoms with Gasteiger partial charge in [0.1, 0.15) is 0 Å². The average molecular weight is 330 g/mol. The van der Waals surface area contributed by atoms with Gasteiger partial charge in [-0.25, -0.2) is 9.67 Å². The van der Waals surface area contributed by atoms with E-state index in [2.05, 4.69) is 29.2 Å². The Hall–Kier alpha value is -2.11. The number of rotatable bonds is 6. The zero-order chi connectivity index (χ0) is 17.4. The predicted molar refractivity (Wildman–Crippen MR) is 93.2 cm³/mol. The Morgan fingerprint density at radius 1 is 1.42 bits per heavy atom. The normalized spacial score (nSPS) is 15.5. The number of nitrogens with one attached hydrogen (secondary N) is 1. The molecule has 2 aromatic rings.